The van der Waals surface area contributed by atoms with Gasteiger partial charge in [-0.3, -0.25) is 9.59 Å². The summed E-state index contributed by atoms with van der Waals surface area (Å²) >= 11 is 1.54. The summed E-state index contributed by atoms with van der Waals surface area (Å²) in [7, 11) is 0. The molecule has 3 atom stereocenters. The summed E-state index contributed by atoms with van der Waals surface area (Å²) in [6.45, 7) is 2.75. The first-order valence-electron chi connectivity index (χ1n) is 15.0. The number of amides is 2. The van der Waals surface area contributed by atoms with Crippen LogP contribution in [0.4, 0.5) is 13.2 Å². The number of hydrogen-bond acceptors (Lipinski definition) is 7. The number of benzene rings is 3. The van der Waals surface area contributed by atoms with Gasteiger partial charge in [-0.1, -0.05) is 48.5 Å². The van der Waals surface area contributed by atoms with Crippen LogP contribution >= 0.6 is 11.3 Å². The highest BCUT2D eigenvalue weighted by molar-refractivity contribution is 7.09. The SMILES string of the molecule is Cc1csc(C2CCCN2C(=O)c2cccc(C(=O)N[C@@H](Cc3ccccc3)[C@H](O)CNCc3cccc(OC(F)(F)F)c3)c2)n1. The van der Waals surface area contributed by atoms with Crippen LogP contribution in [0.3, 0.4) is 0 Å². The lowest BCUT2D eigenvalue weighted by atomic mass is 10.00. The maximum absolute atomic E-state index is 13.6. The second kappa shape index (κ2) is 14.9. The van der Waals surface area contributed by atoms with Crippen molar-refractivity contribution in [3.8, 4) is 5.75 Å². The average Bonchev–Trinajstić information content (AvgIpc) is 3.69. The Morgan fingerprint density at radius 2 is 1.78 bits per heavy atom. The molecule has 2 amide bonds. The van der Waals surface area contributed by atoms with Crippen LogP contribution in [0, 0.1) is 6.92 Å². The molecule has 0 spiro atoms. The van der Waals surface area contributed by atoms with Gasteiger partial charge < -0.3 is 25.4 Å². The number of ether oxygens (including phenoxy) is 1. The van der Waals surface area contributed by atoms with Gasteiger partial charge in [-0.15, -0.1) is 24.5 Å². The number of likely N-dealkylation sites (tertiary alicyclic amines) is 1. The number of nitrogens with one attached hydrogen (secondary N) is 2. The Labute approximate surface area is 269 Å². The van der Waals surface area contributed by atoms with E-state index in [4.69, 9.17) is 0 Å². The summed E-state index contributed by atoms with van der Waals surface area (Å²) in [6, 6.07) is 20.7. The van der Waals surface area contributed by atoms with Gasteiger partial charge in [-0.25, -0.2) is 4.98 Å². The standard InChI is InChI=1S/C34H35F3N4O4S/c1-22-21-46-32(39-22)29-14-7-15-41(29)33(44)26-12-6-11-25(18-26)31(43)40-28(17-23-8-3-2-4-9-23)30(42)20-38-19-24-10-5-13-27(16-24)45-34(35,36)37/h2-6,8-13,16,18,21,28-30,38,42H,7,14-15,17,19-20H2,1H3,(H,40,43)/t28-,29?,30+/m0/s1. The summed E-state index contributed by atoms with van der Waals surface area (Å²) in [4.78, 5) is 33.5. The van der Waals surface area contributed by atoms with Crippen LogP contribution in [0.25, 0.3) is 0 Å². The van der Waals surface area contributed by atoms with Crippen LogP contribution < -0.4 is 15.4 Å². The molecular formula is C34H35F3N4O4S. The third-order valence-corrected chi connectivity index (χ3v) is 8.77. The van der Waals surface area contributed by atoms with Crippen molar-refractivity contribution in [2.75, 3.05) is 13.1 Å². The second-order valence-corrected chi connectivity index (χ2v) is 12.1. The van der Waals surface area contributed by atoms with Crippen molar-refractivity contribution in [2.24, 2.45) is 0 Å². The molecule has 46 heavy (non-hydrogen) atoms. The van der Waals surface area contributed by atoms with Gasteiger partial charge in [-0.2, -0.15) is 0 Å². The second-order valence-electron chi connectivity index (χ2n) is 11.2. The molecule has 242 valence electrons. The lowest BCUT2D eigenvalue weighted by Crippen LogP contribution is -2.48. The van der Waals surface area contributed by atoms with Crippen LogP contribution in [0.1, 0.15) is 61.4 Å². The highest BCUT2D eigenvalue weighted by atomic mass is 32.1. The maximum Gasteiger partial charge on any atom is 0.573 e. The quantitative estimate of drug-likeness (QED) is 0.178. The Bertz CT molecular complexity index is 1630. The fourth-order valence-corrected chi connectivity index (χ4v) is 6.46. The zero-order chi connectivity index (χ0) is 32.7. The van der Waals surface area contributed by atoms with Crippen LogP contribution in [0.5, 0.6) is 5.75 Å². The van der Waals surface area contributed by atoms with Gasteiger partial charge in [-0.05, 0) is 67.6 Å². The number of aliphatic hydroxyl groups excluding tert-OH is 1. The van der Waals surface area contributed by atoms with Gasteiger partial charge in [0.05, 0.1) is 18.2 Å². The molecule has 0 radical (unpaired) electrons. The lowest BCUT2D eigenvalue weighted by molar-refractivity contribution is -0.274. The first-order chi connectivity index (χ1) is 22.1. The third-order valence-electron chi connectivity index (χ3n) is 7.70. The van der Waals surface area contributed by atoms with Gasteiger partial charge in [0.25, 0.3) is 11.8 Å². The molecule has 1 saturated heterocycles. The Balaban J connectivity index is 1.25. The molecule has 1 aliphatic heterocycles. The highest BCUT2D eigenvalue weighted by Crippen LogP contribution is 2.35. The molecule has 8 nitrogen and oxygen atoms in total. The fourth-order valence-electron chi connectivity index (χ4n) is 5.51. The maximum atomic E-state index is 13.6. The highest BCUT2D eigenvalue weighted by Gasteiger charge is 2.33. The number of hydrogen-bond donors (Lipinski definition) is 3. The van der Waals surface area contributed by atoms with E-state index in [2.05, 4.69) is 20.4 Å². The van der Waals surface area contributed by atoms with Crippen LogP contribution in [0.2, 0.25) is 0 Å². The Morgan fingerprint density at radius 1 is 1.04 bits per heavy atom. The van der Waals surface area contributed by atoms with E-state index in [1.807, 2.05) is 47.5 Å². The number of thiazole rings is 1. The van der Waals surface area contributed by atoms with Crippen molar-refractivity contribution in [3.05, 3.63) is 117 Å². The molecule has 0 saturated carbocycles. The molecule has 0 aliphatic carbocycles. The topological polar surface area (TPSA) is 104 Å². The van der Waals surface area contributed by atoms with Crippen LogP contribution in [-0.2, 0) is 13.0 Å². The predicted octanol–water partition coefficient (Wildman–Crippen LogP) is 5.82. The number of nitrogens with zero attached hydrogens (tertiary/aromatic N) is 2. The number of halogens is 3. The van der Waals surface area contributed by atoms with E-state index in [9.17, 15) is 27.9 Å². The first kappa shape index (κ1) is 33.1. The van der Waals surface area contributed by atoms with Crippen LogP contribution in [0.15, 0.2) is 84.2 Å². The first-order valence-corrected chi connectivity index (χ1v) is 15.8. The minimum Gasteiger partial charge on any atom is -0.406 e. The predicted molar refractivity (Wildman–Crippen MR) is 169 cm³/mol. The molecule has 1 aliphatic rings. The molecule has 0 bridgehead atoms. The van der Waals surface area contributed by atoms with E-state index in [0.717, 1.165) is 29.1 Å². The number of carbonyl (C=O) groups is 2. The van der Waals surface area contributed by atoms with Gasteiger partial charge in [0, 0.05) is 41.8 Å². The summed E-state index contributed by atoms with van der Waals surface area (Å²) < 4.78 is 41.8. The van der Waals surface area contributed by atoms with Crippen LogP contribution in [-0.4, -0.2) is 58.4 Å². The van der Waals surface area contributed by atoms with Crippen molar-refractivity contribution in [2.45, 2.75) is 57.3 Å². The van der Waals surface area contributed by atoms with Crippen molar-refractivity contribution in [1.29, 1.82) is 0 Å². The third kappa shape index (κ3) is 8.93. The normalized spacial score (nSPS) is 16.2. The number of alkyl halides is 3. The van der Waals surface area contributed by atoms with E-state index in [0.29, 0.717) is 24.1 Å². The number of rotatable bonds is 12. The van der Waals surface area contributed by atoms with E-state index in [1.54, 1.807) is 41.7 Å². The minimum atomic E-state index is -4.80. The van der Waals surface area contributed by atoms with Crippen molar-refractivity contribution >= 4 is 23.2 Å². The largest absolute Gasteiger partial charge is 0.573 e. The molecule has 2 heterocycles. The molecule has 3 aromatic carbocycles. The molecular weight excluding hydrogens is 617 g/mol. The van der Waals surface area contributed by atoms with Crippen molar-refractivity contribution in [1.82, 2.24) is 20.5 Å². The summed E-state index contributed by atoms with van der Waals surface area (Å²) in [5.74, 6) is -0.944. The summed E-state index contributed by atoms with van der Waals surface area (Å²) in [5, 5.41) is 20.0. The monoisotopic (exact) mass is 652 g/mol. The molecule has 1 fully saturated rings. The molecule has 12 heteroatoms. The minimum absolute atomic E-state index is 0.0488. The number of aryl methyl sites for hydroxylation is 1. The van der Waals surface area contributed by atoms with Gasteiger partial charge in [0.2, 0.25) is 0 Å². The molecule has 4 aromatic rings. The van der Waals surface area contributed by atoms with E-state index in [1.165, 1.54) is 18.2 Å². The average molecular weight is 653 g/mol. The number of carbonyl (C=O) groups excluding carboxylic acids is 2. The van der Waals surface area contributed by atoms with E-state index >= 15 is 0 Å². The smallest absolute Gasteiger partial charge is 0.406 e. The Kier molecular flexibility index (Phi) is 10.7. The van der Waals surface area contributed by atoms with Gasteiger partial charge >= 0.3 is 6.36 Å². The molecule has 1 unspecified atom stereocenters. The molecule has 3 N–H and O–H groups in total. The summed E-state index contributed by atoms with van der Waals surface area (Å²) in [6.07, 6.45) is -3.81. The zero-order valence-electron chi connectivity index (χ0n) is 25.2. The number of aliphatic hydroxyl groups is 1. The van der Waals surface area contributed by atoms with E-state index < -0.39 is 24.4 Å². The Morgan fingerprint density at radius 3 is 2.52 bits per heavy atom. The van der Waals surface area contributed by atoms with Crippen molar-refractivity contribution < 1.29 is 32.6 Å². The van der Waals surface area contributed by atoms with Crippen molar-refractivity contribution in [3.63, 3.8) is 0 Å². The zero-order valence-corrected chi connectivity index (χ0v) is 26.0. The lowest BCUT2D eigenvalue weighted by Gasteiger charge is -2.25. The van der Waals surface area contributed by atoms with E-state index in [-0.39, 0.29) is 36.4 Å². The summed E-state index contributed by atoms with van der Waals surface area (Å²) in [5.41, 5.74) is 3.03. The van der Waals surface area contributed by atoms with Gasteiger partial charge in [0.15, 0.2) is 0 Å². The Hall–Kier alpha value is -4.26. The fraction of sp³-hybridized carbons (Fsp3) is 0.324. The molecule has 1 aromatic heterocycles. The molecule has 5 rings (SSSR count). The number of aromatic nitrogens is 1. The van der Waals surface area contributed by atoms with Gasteiger partial charge in [0.1, 0.15) is 10.8 Å².